The van der Waals surface area contributed by atoms with Crippen molar-refractivity contribution in [3.8, 4) is 16.9 Å². The molecule has 0 radical (unpaired) electrons. The van der Waals surface area contributed by atoms with Crippen molar-refractivity contribution in [2.75, 3.05) is 31.8 Å². The van der Waals surface area contributed by atoms with Crippen LogP contribution >= 0.6 is 11.6 Å². The summed E-state index contributed by atoms with van der Waals surface area (Å²) in [7, 11) is 0.284. The Bertz CT molecular complexity index is 1760. The van der Waals surface area contributed by atoms with E-state index in [1.165, 1.54) is 23.3 Å². The Morgan fingerprint density at radius 1 is 0.977 bits per heavy atom. The molecular formula is C34H36ClN3O5S. The zero-order chi connectivity index (χ0) is 31.9. The van der Waals surface area contributed by atoms with Gasteiger partial charge in [-0.3, -0.25) is 9.59 Å². The standard InChI is InChI=1S/C24H23ClN2O2.C10H13NO3S/c1-27-12-11-18-17(15-27)9-6-10-22(18)26-24(28)20-13-21(25)19(14-23(20)29-2)16-7-4-3-5-8-16;1-2-7-15(13,14)9-6-4-3-5-8(9)10(11)12/h3-10,13-14H,11-12,15H2,1-2H3,(H,26,28);3-6H,2,7H2,1H3,(H2,11,12). The lowest BCUT2D eigenvalue weighted by Crippen LogP contribution is -2.27. The fraction of sp³-hybridized carbons (Fsp3) is 0.235. The second kappa shape index (κ2) is 14.5. The summed E-state index contributed by atoms with van der Waals surface area (Å²) in [6.45, 7) is 3.63. The van der Waals surface area contributed by atoms with Crippen molar-refractivity contribution in [3.63, 3.8) is 0 Å². The van der Waals surface area contributed by atoms with Crippen LogP contribution in [0.15, 0.2) is 89.8 Å². The van der Waals surface area contributed by atoms with Gasteiger partial charge in [-0.1, -0.05) is 73.1 Å². The lowest BCUT2D eigenvalue weighted by molar-refractivity contribution is 0.0994. The van der Waals surface area contributed by atoms with E-state index in [1.54, 1.807) is 32.2 Å². The highest BCUT2D eigenvalue weighted by atomic mass is 35.5. The first kappa shape index (κ1) is 32.7. The molecule has 10 heteroatoms. The molecule has 4 aromatic rings. The largest absolute Gasteiger partial charge is 0.496 e. The first-order valence-electron chi connectivity index (χ1n) is 14.2. The summed E-state index contributed by atoms with van der Waals surface area (Å²) in [5, 5.41) is 3.58. The van der Waals surface area contributed by atoms with Crippen molar-refractivity contribution in [2.24, 2.45) is 5.73 Å². The Morgan fingerprint density at radius 3 is 2.36 bits per heavy atom. The van der Waals surface area contributed by atoms with Crippen molar-refractivity contribution < 1.29 is 22.7 Å². The summed E-state index contributed by atoms with van der Waals surface area (Å²) in [5.74, 6) is -0.423. The number of nitrogens with one attached hydrogen (secondary N) is 1. The van der Waals surface area contributed by atoms with E-state index in [9.17, 15) is 18.0 Å². The van der Waals surface area contributed by atoms with Gasteiger partial charge in [-0.05, 0) is 66.9 Å². The lowest BCUT2D eigenvalue weighted by atomic mass is 9.97. The molecule has 5 rings (SSSR count). The monoisotopic (exact) mass is 633 g/mol. The van der Waals surface area contributed by atoms with E-state index < -0.39 is 15.7 Å². The van der Waals surface area contributed by atoms with Crippen LogP contribution < -0.4 is 15.8 Å². The quantitative estimate of drug-likeness (QED) is 0.238. The molecule has 0 saturated heterocycles. The van der Waals surface area contributed by atoms with Crippen LogP contribution in [0.3, 0.4) is 0 Å². The van der Waals surface area contributed by atoms with Crippen molar-refractivity contribution in [1.29, 1.82) is 0 Å². The van der Waals surface area contributed by atoms with Crippen LogP contribution in [0.4, 0.5) is 5.69 Å². The third-order valence-electron chi connectivity index (χ3n) is 7.28. The number of amides is 2. The third kappa shape index (κ3) is 7.66. The molecule has 4 aromatic carbocycles. The average Bonchev–Trinajstić information content (AvgIpc) is 3.01. The number of ether oxygens (including phenoxy) is 1. The summed E-state index contributed by atoms with van der Waals surface area (Å²) < 4.78 is 29.0. The number of hydrogen-bond acceptors (Lipinski definition) is 6. The molecule has 0 atom stereocenters. The number of hydrogen-bond donors (Lipinski definition) is 2. The molecule has 0 unspecified atom stereocenters. The molecule has 0 saturated carbocycles. The zero-order valence-corrected chi connectivity index (χ0v) is 26.5. The fourth-order valence-corrected chi connectivity index (χ4v) is 6.94. The molecule has 0 fully saturated rings. The smallest absolute Gasteiger partial charge is 0.259 e. The number of nitrogens with two attached hydrogens (primary N) is 1. The summed E-state index contributed by atoms with van der Waals surface area (Å²) in [5.41, 5.74) is 10.7. The molecule has 2 amide bonds. The highest BCUT2D eigenvalue weighted by molar-refractivity contribution is 7.91. The predicted molar refractivity (Wildman–Crippen MR) is 175 cm³/mol. The van der Waals surface area contributed by atoms with E-state index in [2.05, 4.69) is 23.3 Å². The van der Waals surface area contributed by atoms with Crippen molar-refractivity contribution >= 4 is 38.9 Å². The Labute approximate surface area is 263 Å². The number of fused-ring (bicyclic) bond motifs is 1. The number of carbonyl (C=O) groups excluding carboxylic acids is 2. The minimum Gasteiger partial charge on any atom is -0.496 e. The van der Waals surface area contributed by atoms with E-state index in [0.29, 0.717) is 22.8 Å². The molecule has 3 N–H and O–H groups in total. The maximum atomic E-state index is 13.1. The number of anilines is 1. The summed E-state index contributed by atoms with van der Waals surface area (Å²) in [6, 6.07) is 25.4. The van der Waals surface area contributed by atoms with Gasteiger partial charge in [0.2, 0.25) is 5.91 Å². The maximum Gasteiger partial charge on any atom is 0.259 e. The van der Waals surface area contributed by atoms with Crippen LogP contribution in [0.1, 0.15) is 45.2 Å². The first-order valence-corrected chi connectivity index (χ1v) is 16.2. The average molecular weight is 634 g/mol. The molecule has 0 bridgehead atoms. The van der Waals surface area contributed by atoms with E-state index >= 15 is 0 Å². The third-order valence-corrected chi connectivity index (χ3v) is 9.57. The Hall–Kier alpha value is -4.18. The Morgan fingerprint density at radius 2 is 1.68 bits per heavy atom. The fourth-order valence-electron chi connectivity index (χ4n) is 5.12. The maximum absolute atomic E-state index is 13.1. The summed E-state index contributed by atoms with van der Waals surface area (Å²) in [4.78, 5) is 26.4. The number of rotatable bonds is 8. The molecule has 8 nitrogen and oxygen atoms in total. The highest BCUT2D eigenvalue weighted by Crippen LogP contribution is 2.35. The number of carbonyl (C=O) groups is 2. The van der Waals surface area contributed by atoms with Crippen LogP contribution in [0.25, 0.3) is 11.1 Å². The normalized spacial score (nSPS) is 12.8. The SMILES string of the molecule is CCCS(=O)(=O)c1ccccc1C(N)=O.COc1cc(-c2ccccc2)c(Cl)cc1C(=O)Nc1cccc2c1CCN(C)C2. The van der Waals surface area contributed by atoms with Gasteiger partial charge in [0.05, 0.1) is 28.9 Å². The van der Waals surface area contributed by atoms with Crippen molar-refractivity contribution in [3.05, 3.63) is 112 Å². The molecule has 0 aromatic heterocycles. The number of likely N-dealkylation sites (N-methyl/N-ethyl adjacent to an activating group) is 1. The van der Waals surface area contributed by atoms with E-state index in [4.69, 9.17) is 22.1 Å². The Balaban J connectivity index is 0.000000249. The molecule has 230 valence electrons. The topological polar surface area (TPSA) is 119 Å². The minimum atomic E-state index is -3.39. The van der Waals surface area contributed by atoms with Crippen molar-refractivity contribution in [2.45, 2.75) is 31.2 Å². The van der Waals surface area contributed by atoms with Gasteiger partial charge in [-0.2, -0.15) is 0 Å². The summed E-state index contributed by atoms with van der Waals surface area (Å²) in [6.07, 6.45) is 1.42. The number of primary amides is 1. The van der Waals surface area contributed by atoms with E-state index in [0.717, 1.165) is 36.3 Å². The van der Waals surface area contributed by atoms with Crippen LogP contribution in [-0.2, 0) is 22.8 Å². The molecule has 0 aliphatic carbocycles. The van der Waals surface area contributed by atoms with E-state index in [1.807, 2.05) is 48.5 Å². The molecule has 1 heterocycles. The van der Waals surface area contributed by atoms with Crippen LogP contribution in [-0.4, -0.2) is 51.6 Å². The lowest BCUT2D eigenvalue weighted by Gasteiger charge is -2.26. The zero-order valence-electron chi connectivity index (χ0n) is 25.0. The van der Waals surface area contributed by atoms with Gasteiger partial charge in [0.15, 0.2) is 9.84 Å². The minimum absolute atomic E-state index is 0.0251. The first-order chi connectivity index (χ1) is 21.1. The number of methoxy groups -OCH3 is 1. The molecule has 1 aliphatic heterocycles. The molecule has 1 aliphatic rings. The van der Waals surface area contributed by atoms with Crippen molar-refractivity contribution in [1.82, 2.24) is 4.90 Å². The molecule has 44 heavy (non-hydrogen) atoms. The second-order valence-corrected chi connectivity index (χ2v) is 12.9. The summed E-state index contributed by atoms with van der Waals surface area (Å²) >= 11 is 6.53. The van der Waals surface area contributed by atoms with Gasteiger partial charge in [-0.15, -0.1) is 0 Å². The van der Waals surface area contributed by atoms with Gasteiger partial charge in [0.25, 0.3) is 5.91 Å². The van der Waals surface area contributed by atoms with E-state index in [-0.39, 0.29) is 22.1 Å². The molecule has 0 spiro atoms. The Kier molecular flexibility index (Phi) is 10.8. The van der Waals surface area contributed by atoms with Gasteiger partial charge in [-0.25, -0.2) is 8.42 Å². The van der Waals surface area contributed by atoms with Crippen LogP contribution in [0.2, 0.25) is 5.02 Å². The predicted octanol–water partition coefficient (Wildman–Crippen LogP) is 6.23. The number of benzene rings is 4. The number of sulfone groups is 1. The second-order valence-electron chi connectivity index (χ2n) is 10.5. The molecular weight excluding hydrogens is 598 g/mol. The number of nitrogens with zero attached hydrogens (tertiary/aromatic N) is 1. The van der Waals surface area contributed by atoms with Crippen LogP contribution in [0, 0.1) is 0 Å². The number of halogens is 1. The van der Waals surface area contributed by atoms with Gasteiger partial charge in [0, 0.05) is 29.4 Å². The van der Waals surface area contributed by atoms with Crippen LogP contribution in [0.5, 0.6) is 5.75 Å². The van der Waals surface area contributed by atoms with Gasteiger partial charge < -0.3 is 20.7 Å². The van der Waals surface area contributed by atoms with Gasteiger partial charge in [0.1, 0.15) is 5.75 Å². The van der Waals surface area contributed by atoms with Gasteiger partial charge >= 0.3 is 0 Å². The highest BCUT2D eigenvalue weighted by Gasteiger charge is 2.21.